The molecule has 1 saturated heterocycles. The van der Waals surface area contributed by atoms with Gasteiger partial charge in [0.15, 0.2) is 0 Å². The summed E-state index contributed by atoms with van der Waals surface area (Å²) in [6, 6.07) is 5.86. The third-order valence-electron chi connectivity index (χ3n) is 6.21. The molecule has 1 aromatic rings. The number of carbonyl (C=O) groups is 2. The molecule has 1 heterocycles. The molecular weight excluding hydrogens is 464 g/mol. The van der Waals surface area contributed by atoms with Gasteiger partial charge in [0, 0.05) is 31.0 Å². The summed E-state index contributed by atoms with van der Waals surface area (Å²) in [6.45, 7) is 11.4. The highest BCUT2D eigenvalue weighted by atomic mass is 32.2. The van der Waals surface area contributed by atoms with E-state index in [9.17, 15) is 24.8 Å². The monoisotopic (exact) mass is 498 g/mol. The van der Waals surface area contributed by atoms with Crippen molar-refractivity contribution in [2.75, 3.05) is 18.8 Å². The molecule has 3 atom stereocenters. The highest BCUT2D eigenvalue weighted by Gasteiger charge is 2.54. The van der Waals surface area contributed by atoms with Gasteiger partial charge in [-0.15, -0.1) is 11.8 Å². The molecule has 0 aliphatic carbocycles. The quantitative estimate of drug-likeness (QED) is 0.202. The summed E-state index contributed by atoms with van der Waals surface area (Å²) in [7, 11) is -2.82. The van der Waals surface area contributed by atoms with Gasteiger partial charge < -0.3 is 14.4 Å². The summed E-state index contributed by atoms with van der Waals surface area (Å²) in [4.78, 5) is 35.1. The number of hydroxylamine groups is 2. The van der Waals surface area contributed by atoms with Gasteiger partial charge in [-0.2, -0.15) is 0 Å². The Labute approximate surface area is 200 Å². The standard InChI is InChI=1S/C22H34N2O7SSi/c1-16(20(25)26)32-15-19(33(5,22(2,3)4)31-23-12-6-7-13-23)21(27)30-14-17-8-10-18(11-9-17)24(28)29/h8-11,16,19H,6-7,12-15H2,1-5H3,(H,25,26)/t16-,19+,33?/m0/s1. The van der Waals surface area contributed by atoms with Crippen LogP contribution in [0, 0.1) is 10.1 Å². The molecule has 33 heavy (non-hydrogen) atoms. The van der Waals surface area contributed by atoms with Crippen molar-refractivity contribution in [3.63, 3.8) is 0 Å². The topological polar surface area (TPSA) is 119 Å². The molecule has 1 N–H and O–H groups in total. The zero-order valence-corrected chi connectivity index (χ0v) is 21.7. The predicted molar refractivity (Wildman–Crippen MR) is 129 cm³/mol. The Balaban J connectivity index is 2.24. The molecule has 1 aromatic carbocycles. The Morgan fingerprint density at radius 1 is 1.24 bits per heavy atom. The zero-order valence-electron chi connectivity index (χ0n) is 19.9. The van der Waals surface area contributed by atoms with Crippen LogP contribution in [0.3, 0.4) is 0 Å². The minimum atomic E-state index is -2.82. The van der Waals surface area contributed by atoms with Gasteiger partial charge in [-0.3, -0.25) is 19.7 Å². The Kier molecular flexibility index (Phi) is 9.47. The number of rotatable bonds is 11. The first-order chi connectivity index (χ1) is 15.3. The van der Waals surface area contributed by atoms with Gasteiger partial charge >= 0.3 is 11.9 Å². The van der Waals surface area contributed by atoms with Crippen LogP contribution in [0.4, 0.5) is 5.69 Å². The molecular formula is C22H34N2O7SSi. The number of nitro groups is 1. The predicted octanol–water partition coefficient (Wildman–Crippen LogP) is 4.62. The maximum atomic E-state index is 13.4. The number of hydrogen-bond acceptors (Lipinski definition) is 8. The number of nitro benzene ring substituents is 1. The van der Waals surface area contributed by atoms with E-state index in [1.165, 1.54) is 23.9 Å². The first kappa shape index (κ1) is 27.3. The minimum absolute atomic E-state index is 0.0230. The molecule has 184 valence electrons. The number of carboxylic acids is 1. The van der Waals surface area contributed by atoms with E-state index in [1.54, 1.807) is 19.1 Å². The van der Waals surface area contributed by atoms with Gasteiger partial charge in [-0.25, -0.2) is 5.06 Å². The number of nitrogens with zero attached hydrogens (tertiary/aromatic N) is 2. The number of carbonyl (C=O) groups excluding carboxylic acids is 1. The van der Waals surface area contributed by atoms with Crippen LogP contribution in [0.25, 0.3) is 0 Å². The molecule has 0 bridgehead atoms. The molecule has 0 radical (unpaired) electrons. The Morgan fingerprint density at radius 3 is 2.30 bits per heavy atom. The van der Waals surface area contributed by atoms with Crippen molar-refractivity contribution in [1.82, 2.24) is 5.06 Å². The van der Waals surface area contributed by atoms with Crippen LogP contribution in [-0.4, -0.2) is 59.4 Å². The van der Waals surface area contributed by atoms with E-state index in [1.807, 2.05) is 11.6 Å². The second-order valence-corrected chi connectivity index (χ2v) is 15.4. The van der Waals surface area contributed by atoms with Crippen molar-refractivity contribution < 1.29 is 28.9 Å². The van der Waals surface area contributed by atoms with Crippen LogP contribution in [-0.2, 0) is 25.5 Å². The Hall–Kier alpha value is -1.95. The van der Waals surface area contributed by atoms with Crippen molar-refractivity contribution in [3.05, 3.63) is 39.9 Å². The smallest absolute Gasteiger partial charge is 0.316 e. The second kappa shape index (κ2) is 11.5. The first-order valence-corrected chi connectivity index (χ1v) is 14.6. The van der Waals surface area contributed by atoms with Crippen LogP contribution in [0.2, 0.25) is 17.1 Å². The maximum absolute atomic E-state index is 13.4. The summed E-state index contributed by atoms with van der Waals surface area (Å²) in [5.41, 5.74) is 0.00975. The molecule has 11 heteroatoms. The molecule has 1 aliphatic heterocycles. The van der Waals surface area contributed by atoms with Gasteiger partial charge in [0.2, 0.25) is 8.32 Å². The maximum Gasteiger partial charge on any atom is 0.316 e. The van der Waals surface area contributed by atoms with E-state index < -0.39 is 36.0 Å². The van der Waals surface area contributed by atoms with E-state index in [4.69, 9.17) is 9.26 Å². The third-order valence-corrected chi connectivity index (χ3v) is 13.1. The lowest BCUT2D eigenvalue weighted by molar-refractivity contribution is -0.384. The fraction of sp³-hybridized carbons (Fsp3) is 0.636. The lowest BCUT2D eigenvalue weighted by Gasteiger charge is -2.45. The summed E-state index contributed by atoms with van der Waals surface area (Å²) >= 11 is 1.21. The van der Waals surface area contributed by atoms with Crippen molar-refractivity contribution in [2.24, 2.45) is 0 Å². The Bertz CT molecular complexity index is 840. The molecule has 1 unspecified atom stereocenters. The number of benzene rings is 1. The SMILES string of the molecule is C[C@H](SC[C@H](C(=O)OCc1ccc([N+](=O)[O-])cc1)[Si](C)(ON1CCCC1)C(C)(C)C)C(=O)O. The fourth-order valence-electron chi connectivity index (χ4n) is 3.50. The van der Waals surface area contributed by atoms with Crippen molar-refractivity contribution >= 4 is 37.7 Å². The van der Waals surface area contributed by atoms with Gasteiger partial charge in [0.1, 0.15) is 6.61 Å². The van der Waals surface area contributed by atoms with E-state index in [0.717, 1.165) is 25.9 Å². The minimum Gasteiger partial charge on any atom is -0.480 e. The molecule has 0 aromatic heterocycles. The average molecular weight is 499 g/mol. The summed E-state index contributed by atoms with van der Waals surface area (Å²) in [6.07, 6.45) is 2.07. The van der Waals surface area contributed by atoms with Crippen LogP contribution in [0.15, 0.2) is 24.3 Å². The lowest BCUT2D eigenvalue weighted by atomic mass is 10.2. The zero-order chi connectivity index (χ0) is 24.8. The number of aliphatic carboxylic acids is 1. The van der Waals surface area contributed by atoms with E-state index in [0.29, 0.717) is 5.56 Å². The number of thioether (sulfide) groups is 1. The van der Waals surface area contributed by atoms with Crippen LogP contribution < -0.4 is 0 Å². The Morgan fingerprint density at radius 2 is 1.82 bits per heavy atom. The van der Waals surface area contributed by atoms with E-state index in [2.05, 4.69) is 20.8 Å². The van der Waals surface area contributed by atoms with Crippen LogP contribution in [0.5, 0.6) is 0 Å². The van der Waals surface area contributed by atoms with E-state index in [-0.39, 0.29) is 23.1 Å². The number of esters is 1. The molecule has 2 rings (SSSR count). The normalized spacial score (nSPS) is 18.3. The highest BCUT2D eigenvalue weighted by molar-refractivity contribution is 8.00. The third kappa shape index (κ3) is 7.26. The van der Waals surface area contributed by atoms with Crippen molar-refractivity contribution in [1.29, 1.82) is 0 Å². The van der Waals surface area contributed by atoms with Crippen molar-refractivity contribution in [3.8, 4) is 0 Å². The number of non-ortho nitro benzene ring substituents is 1. The van der Waals surface area contributed by atoms with Crippen LogP contribution in [0.1, 0.15) is 46.1 Å². The van der Waals surface area contributed by atoms with E-state index >= 15 is 0 Å². The van der Waals surface area contributed by atoms with Gasteiger partial charge in [0.05, 0.1) is 15.7 Å². The summed E-state index contributed by atoms with van der Waals surface area (Å²) in [5.74, 6) is -1.08. The second-order valence-electron chi connectivity index (χ2n) is 9.48. The average Bonchev–Trinajstić information content (AvgIpc) is 3.24. The largest absolute Gasteiger partial charge is 0.480 e. The molecule has 1 aliphatic rings. The fourth-order valence-corrected chi connectivity index (χ4v) is 8.52. The molecule has 1 fully saturated rings. The van der Waals surface area contributed by atoms with Crippen LogP contribution >= 0.6 is 11.8 Å². The van der Waals surface area contributed by atoms with Gasteiger partial charge in [0.25, 0.3) is 5.69 Å². The lowest BCUT2D eigenvalue weighted by Crippen LogP contribution is -2.55. The van der Waals surface area contributed by atoms with Gasteiger partial charge in [-0.05, 0) is 49.0 Å². The molecule has 0 saturated carbocycles. The number of hydrogen-bond donors (Lipinski definition) is 1. The highest BCUT2D eigenvalue weighted by Crippen LogP contribution is 2.47. The molecule has 0 amide bonds. The molecule has 0 spiro atoms. The first-order valence-electron chi connectivity index (χ1n) is 11.0. The van der Waals surface area contributed by atoms with Crippen molar-refractivity contribution in [2.45, 2.75) is 69.5 Å². The number of ether oxygens (including phenoxy) is 1. The van der Waals surface area contributed by atoms with Gasteiger partial charge in [-0.1, -0.05) is 20.8 Å². The molecule has 9 nitrogen and oxygen atoms in total. The summed E-state index contributed by atoms with van der Waals surface area (Å²) in [5, 5.41) is 21.1. The summed E-state index contributed by atoms with van der Waals surface area (Å²) < 4.78 is 12.2. The number of carboxylic acid groups (broad SMARTS) is 1.